The van der Waals surface area contributed by atoms with Gasteiger partial charge in [-0.25, -0.2) is 0 Å². The van der Waals surface area contributed by atoms with Crippen LogP contribution in [0.2, 0.25) is 0 Å². The lowest BCUT2D eigenvalue weighted by atomic mass is 10.3. The lowest BCUT2D eigenvalue weighted by Gasteiger charge is -2.16. The summed E-state index contributed by atoms with van der Waals surface area (Å²) in [7, 11) is 0. The summed E-state index contributed by atoms with van der Waals surface area (Å²) in [5.41, 5.74) is 0. The highest BCUT2D eigenvalue weighted by atomic mass is 16.7. The van der Waals surface area contributed by atoms with E-state index in [1.165, 1.54) is 6.92 Å². The predicted octanol–water partition coefficient (Wildman–Crippen LogP) is 2.06. The fourth-order valence-corrected chi connectivity index (χ4v) is 0.986. The van der Waals surface area contributed by atoms with Crippen LogP contribution < -0.4 is 0 Å². The summed E-state index contributed by atoms with van der Waals surface area (Å²) in [6.45, 7) is 5.88. The smallest absolute Gasteiger partial charge is 0.315 e. The molecule has 0 saturated carbocycles. The van der Waals surface area contributed by atoms with Crippen molar-refractivity contribution in [3.8, 4) is 0 Å². The number of carbonyl (C=O) groups excluding carboxylic acids is 2. The molecule has 0 saturated heterocycles. The monoisotopic (exact) mass is 216 g/mol. The van der Waals surface area contributed by atoms with E-state index in [-0.39, 0.29) is 12.2 Å². The van der Waals surface area contributed by atoms with Crippen molar-refractivity contribution in [3.05, 3.63) is 0 Å². The lowest BCUT2D eigenvalue weighted by Crippen LogP contribution is -2.22. The molecule has 1 atom stereocenters. The Hall–Kier alpha value is -0.900. The van der Waals surface area contributed by atoms with Crippen LogP contribution in [-0.4, -0.2) is 24.6 Å². The van der Waals surface area contributed by atoms with Gasteiger partial charge >= 0.3 is 5.97 Å². The summed E-state index contributed by atoms with van der Waals surface area (Å²) in [5.74, 6) is -0.700. The molecule has 0 fully saturated rings. The molecule has 15 heavy (non-hydrogen) atoms. The van der Waals surface area contributed by atoms with Gasteiger partial charge < -0.3 is 9.47 Å². The number of Topliss-reactive ketones (excluding diaryl/α,β-unsaturated/α-hetero) is 1. The van der Waals surface area contributed by atoms with Crippen molar-refractivity contribution in [1.29, 1.82) is 0 Å². The molecule has 0 aliphatic rings. The van der Waals surface area contributed by atoms with Crippen molar-refractivity contribution in [1.82, 2.24) is 0 Å². The molecule has 4 nitrogen and oxygen atoms in total. The van der Waals surface area contributed by atoms with Crippen molar-refractivity contribution >= 4 is 11.8 Å². The van der Waals surface area contributed by atoms with Gasteiger partial charge in [-0.05, 0) is 13.3 Å². The maximum Gasteiger partial charge on any atom is 0.315 e. The number of hydrogen-bond acceptors (Lipinski definition) is 4. The zero-order valence-electron chi connectivity index (χ0n) is 9.75. The van der Waals surface area contributed by atoms with E-state index in [9.17, 15) is 9.59 Å². The van der Waals surface area contributed by atoms with E-state index in [4.69, 9.17) is 9.47 Å². The minimum Gasteiger partial charge on any atom is -0.435 e. The Bertz CT molecular complexity index is 201. The molecule has 0 bridgehead atoms. The van der Waals surface area contributed by atoms with E-state index >= 15 is 0 Å². The summed E-state index contributed by atoms with van der Waals surface area (Å²) in [6, 6.07) is 0. The zero-order valence-corrected chi connectivity index (χ0v) is 9.75. The van der Waals surface area contributed by atoms with Crippen LogP contribution in [0.4, 0.5) is 0 Å². The average Bonchev–Trinajstić information content (AvgIpc) is 2.15. The van der Waals surface area contributed by atoms with E-state index in [0.29, 0.717) is 13.0 Å². The first-order valence-corrected chi connectivity index (χ1v) is 5.40. The molecule has 1 unspecified atom stereocenters. The molecule has 0 aliphatic heterocycles. The maximum atomic E-state index is 11.1. The second kappa shape index (κ2) is 8.41. The number of hydrogen-bond donors (Lipinski definition) is 0. The summed E-state index contributed by atoms with van der Waals surface area (Å²) in [6.07, 6.45) is 1.91. The molecule has 0 spiro atoms. The Labute approximate surface area is 90.9 Å². The van der Waals surface area contributed by atoms with Crippen LogP contribution in [0.3, 0.4) is 0 Å². The fourth-order valence-electron chi connectivity index (χ4n) is 0.986. The van der Waals surface area contributed by atoms with E-state index in [0.717, 1.165) is 12.8 Å². The van der Waals surface area contributed by atoms with Crippen LogP contribution in [0, 0.1) is 0 Å². The van der Waals surface area contributed by atoms with Crippen molar-refractivity contribution in [2.75, 3.05) is 6.61 Å². The van der Waals surface area contributed by atoms with Crippen LogP contribution in [0.25, 0.3) is 0 Å². The van der Waals surface area contributed by atoms with Gasteiger partial charge in [0.15, 0.2) is 0 Å². The number of ketones is 1. The molecule has 0 aromatic rings. The molecule has 0 radical (unpaired) electrons. The molecule has 4 heteroatoms. The Kier molecular flexibility index (Phi) is 7.91. The van der Waals surface area contributed by atoms with Crippen LogP contribution in [0.15, 0.2) is 0 Å². The Balaban J connectivity index is 3.77. The van der Waals surface area contributed by atoms with Gasteiger partial charge in [0.05, 0.1) is 6.61 Å². The van der Waals surface area contributed by atoms with Gasteiger partial charge in [0, 0.05) is 6.42 Å². The largest absolute Gasteiger partial charge is 0.435 e. The fraction of sp³-hybridized carbons (Fsp3) is 0.818. The molecule has 0 aliphatic carbocycles. The molecular formula is C11H20O4. The molecule has 0 heterocycles. The highest BCUT2D eigenvalue weighted by molar-refractivity contribution is 5.94. The topological polar surface area (TPSA) is 52.6 Å². The number of esters is 1. The van der Waals surface area contributed by atoms with Crippen LogP contribution >= 0.6 is 0 Å². The standard InChI is InChI=1S/C11H20O4/c1-4-6-7-14-11(5-2)15-10(13)8-9(3)12/h11H,4-8H2,1-3H3. The van der Waals surface area contributed by atoms with Crippen molar-refractivity contribution in [2.45, 2.75) is 52.7 Å². The quantitative estimate of drug-likeness (QED) is 0.270. The lowest BCUT2D eigenvalue weighted by molar-refractivity contribution is -0.179. The SMILES string of the molecule is CCCCOC(CC)OC(=O)CC(C)=O. The molecule has 0 N–H and O–H groups in total. The third-order valence-electron chi connectivity index (χ3n) is 1.79. The molecular weight excluding hydrogens is 196 g/mol. The number of carbonyl (C=O) groups is 2. The molecule has 0 rings (SSSR count). The summed E-state index contributed by atoms with van der Waals surface area (Å²) >= 11 is 0. The minimum atomic E-state index is -0.511. The van der Waals surface area contributed by atoms with Gasteiger partial charge in [-0.15, -0.1) is 0 Å². The maximum absolute atomic E-state index is 11.1. The number of rotatable bonds is 8. The van der Waals surface area contributed by atoms with Crippen LogP contribution in [0.1, 0.15) is 46.5 Å². The average molecular weight is 216 g/mol. The van der Waals surface area contributed by atoms with E-state index < -0.39 is 12.3 Å². The minimum absolute atomic E-state index is 0.173. The summed E-state index contributed by atoms with van der Waals surface area (Å²) < 4.78 is 10.3. The van der Waals surface area contributed by atoms with E-state index in [2.05, 4.69) is 6.92 Å². The summed E-state index contributed by atoms with van der Waals surface area (Å²) in [4.78, 5) is 21.8. The first-order chi connectivity index (χ1) is 7.10. The first-order valence-electron chi connectivity index (χ1n) is 5.40. The van der Waals surface area contributed by atoms with Gasteiger partial charge in [-0.1, -0.05) is 20.3 Å². The van der Waals surface area contributed by atoms with E-state index in [1.54, 1.807) is 0 Å². The molecule has 88 valence electrons. The first kappa shape index (κ1) is 14.1. The number of unbranched alkanes of at least 4 members (excludes halogenated alkanes) is 1. The van der Waals surface area contributed by atoms with Crippen molar-refractivity contribution < 1.29 is 19.1 Å². The summed E-state index contributed by atoms with van der Waals surface area (Å²) in [5, 5.41) is 0. The normalized spacial score (nSPS) is 12.2. The Morgan fingerprint density at radius 2 is 1.93 bits per heavy atom. The second-order valence-corrected chi connectivity index (χ2v) is 3.43. The Morgan fingerprint density at radius 1 is 1.27 bits per heavy atom. The van der Waals surface area contributed by atoms with Gasteiger partial charge in [0.2, 0.25) is 6.29 Å². The van der Waals surface area contributed by atoms with Crippen molar-refractivity contribution in [3.63, 3.8) is 0 Å². The third kappa shape index (κ3) is 8.12. The van der Waals surface area contributed by atoms with Crippen molar-refractivity contribution in [2.24, 2.45) is 0 Å². The highest BCUT2D eigenvalue weighted by Crippen LogP contribution is 2.04. The van der Waals surface area contributed by atoms with Gasteiger partial charge in [-0.2, -0.15) is 0 Å². The molecule has 0 aromatic carbocycles. The van der Waals surface area contributed by atoms with Crippen LogP contribution in [-0.2, 0) is 19.1 Å². The second-order valence-electron chi connectivity index (χ2n) is 3.43. The third-order valence-corrected chi connectivity index (χ3v) is 1.79. The Morgan fingerprint density at radius 3 is 2.40 bits per heavy atom. The zero-order chi connectivity index (χ0) is 11.7. The van der Waals surface area contributed by atoms with Gasteiger partial charge in [-0.3, -0.25) is 9.59 Å². The van der Waals surface area contributed by atoms with Crippen LogP contribution in [0.5, 0.6) is 0 Å². The highest BCUT2D eigenvalue weighted by Gasteiger charge is 2.13. The van der Waals surface area contributed by atoms with E-state index in [1.807, 2.05) is 6.92 Å². The van der Waals surface area contributed by atoms with Gasteiger partial charge in [0.1, 0.15) is 12.2 Å². The van der Waals surface area contributed by atoms with Gasteiger partial charge in [0.25, 0.3) is 0 Å². The number of ether oxygens (including phenoxy) is 2. The predicted molar refractivity (Wildman–Crippen MR) is 56.3 cm³/mol. The molecule has 0 amide bonds. The molecule has 0 aromatic heterocycles.